The summed E-state index contributed by atoms with van der Waals surface area (Å²) in [7, 11) is -4.38. The largest absolute Gasteiger partial charge is 0.472 e. The molecule has 0 heterocycles. The molecular formula is C54H88NO8P. The summed E-state index contributed by atoms with van der Waals surface area (Å²) in [4.78, 5) is 34.6. The summed E-state index contributed by atoms with van der Waals surface area (Å²) in [5.41, 5.74) is 5.33. The molecule has 0 fully saturated rings. The van der Waals surface area contributed by atoms with Gasteiger partial charge in [-0.2, -0.15) is 0 Å². The monoisotopic (exact) mass is 910 g/mol. The molecule has 9 nitrogen and oxygen atoms in total. The van der Waals surface area contributed by atoms with Crippen molar-refractivity contribution in [2.75, 3.05) is 26.4 Å². The molecule has 3 N–H and O–H groups in total. The first-order valence-electron chi connectivity index (χ1n) is 24.5. The van der Waals surface area contributed by atoms with Crippen molar-refractivity contribution in [2.45, 2.75) is 180 Å². The van der Waals surface area contributed by atoms with Crippen LogP contribution in [0.5, 0.6) is 0 Å². The Morgan fingerprint density at radius 3 is 1.28 bits per heavy atom. The Morgan fingerprint density at radius 2 is 0.859 bits per heavy atom. The van der Waals surface area contributed by atoms with E-state index in [2.05, 4.69) is 135 Å². The van der Waals surface area contributed by atoms with Crippen LogP contribution in [0, 0.1) is 0 Å². The van der Waals surface area contributed by atoms with Crippen molar-refractivity contribution >= 4 is 19.8 Å². The van der Waals surface area contributed by atoms with Crippen LogP contribution in [0.25, 0.3) is 0 Å². The van der Waals surface area contributed by atoms with Crippen molar-refractivity contribution < 1.29 is 37.6 Å². The van der Waals surface area contributed by atoms with E-state index in [4.69, 9.17) is 24.3 Å². The minimum absolute atomic E-state index is 0.0452. The smallest absolute Gasteiger partial charge is 0.462 e. The highest BCUT2D eigenvalue weighted by atomic mass is 31.2. The molecule has 0 aromatic heterocycles. The summed E-state index contributed by atoms with van der Waals surface area (Å²) in [5.74, 6) is -0.866. The number of phosphoric acid groups is 1. The van der Waals surface area contributed by atoms with Crippen molar-refractivity contribution in [1.82, 2.24) is 0 Å². The fourth-order valence-electron chi connectivity index (χ4n) is 6.01. The predicted molar refractivity (Wildman–Crippen MR) is 270 cm³/mol. The molecule has 0 rings (SSSR count). The lowest BCUT2D eigenvalue weighted by molar-refractivity contribution is -0.161. The number of rotatable bonds is 44. The topological polar surface area (TPSA) is 134 Å². The van der Waals surface area contributed by atoms with Gasteiger partial charge in [-0.15, -0.1) is 0 Å². The van der Waals surface area contributed by atoms with Gasteiger partial charge in [0.1, 0.15) is 6.61 Å². The van der Waals surface area contributed by atoms with Crippen LogP contribution < -0.4 is 5.73 Å². The third-order valence-corrected chi connectivity index (χ3v) is 10.6. The first kappa shape index (κ1) is 60.4. The zero-order chi connectivity index (χ0) is 46.7. The van der Waals surface area contributed by atoms with Crippen LogP contribution in [-0.4, -0.2) is 49.3 Å². The molecule has 0 saturated heterocycles. The first-order chi connectivity index (χ1) is 31.3. The van der Waals surface area contributed by atoms with E-state index in [1.54, 1.807) is 0 Å². The Kier molecular flexibility index (Phi) is 46.1. The van der Waals surface area contributed by atoms with E-state index in [0.717, 1.165) is 135 Å². The summed E-state index contributed by atoms with van der Waals surface area (Å²) in [6.45, 7) is 3.50. The van der Waals surface area contributed by atoms with E-state index in [0.29, 0.717) is 6.42 Å². The summed E-state index contributed by atoms with van der Waals surface area (Å²) in [6, 6.07) is 0. The van der Waals surface area contributed by atoms with Crippen LogP contribution >= 0.6 is 7.82 Å². The number of hydrogen-bond donors (Lipinski definition) is 2. The van der Waals surface area contributed by atoms with Gasteiger partial charge >= 0.3 is 19.8 Å². The second-order valence-corrected chi connectivity index (χ2v) is 17.1. The molecule has 0 bridgehead atoms. The van der Waals surface area contributed by atoms with Crippen LogP contribution in [-0.2, 0) is 32.7 Å². The summed E-state index contributed by atoms with van der Waals surface area (Å²) in [5, 5.41) is 0. The lowest BCUT2D eigenvalue weighted by Crippen LogP contribution is -2.29. The molecule has 0 spiro atoms. The minimum atomic E-state index is -4.38. The quantitative estimate of drug-likeness (QED) is 0.0265. The number of unbranched alkanes of at least 4 members (excludes halogenated alkanes) is 11. The Balaban J connectivity index is 3.97. The molecule has 0 aliphatic rings. The Hall–Kier alpha value is -3.59. The highest BCUT2D eigenvalue weighted by Gasteiger charge is 2.26. The SMILES string of the molecule is CC/C=C\C/C=C\C/C=C\C/C=C\C/C=C\C/C=C\C/C=C\C/C=C\C/C=C\C/C=C\CCCCCCCCC(=O)OC(COC(=O)CCCCCCCC)COP(=O)(O)OCCN. The van der Waals surface area contributed by atoms with Crippen molar-refractivity contribution in [3.05, 3.63) is 122 Å². The number of ether oxygens (including phenoxy) is 2. The maximum atomic E-state index is 12.6. The van der Waals surface area contributed by atoms with Crippen LogP contribution in [0.3, 0.4) is 0 Å². The molecule has 0 aliphatic heterocycles. The van der Waals surface area contributed by atoms with Crippen LogP contribution in [0.2, 0.25) is 0 Å². The van der Waals surface area contributed by atoms with E-state index in [9.17, 15) is 19.0 Å². The van der Waals surface area contributed by atoms with Gasteiger partial charge in [0.2, 0.25) is 0 Å². The van der Waals surface area contributed by atoms with Gasteiger partial charge in [0, 0.05) is 19.4 Å². The molecule has 362 valence electrons. The van der Waals surface area contributed by atoms with Gasteiger partial charge in [0.05, 0.1) is 13.2 Å². The molecule has 0 aromatic rings. The molecule has 10 heteroatoms. The average molecular weight is 910 g/mol. The van der Waals surface area contributed by atoms with Crippen molar-refractivity contribution in [3.63, 3.8) is 0 Å². The normalized spacial score (nSPS) is 14.2. The van der Waals surface area contributed by atoms with E-state index in [1.165, 1.54) is 6.42 Å². The number of hydrogen-bond acceptors (Lipinski definition) is 8. The molecule has 0 amide bonds. The molecule has 0 saturated carbocycles. The Labute approximate surface area is 390 Å². The maximum Gasteiger partial charge on any atom is 0.472 e. The second-order valence-electron chi connectivity index (χ2n) is 15.6. The van der Waals surface area contributed by atoms with Gasteiger partial charge in [0.15, 0.2) is 6.10 Å². The Morgan fingerprint density at radius 1 is 0.484 bits per heavy atom. The maximum absolute atomic E-state index is 12.6. The van der Waals surface area contributed by atoms with Crippen molar-refractivity contribution in [1.29, 1.82) is 0 Å². The number of carbonyl (C=O) groups excluding carboxylic acids is 2. The number of phosphoric ester groups is 1. The third kappa shape index (κ3) is 47.9. The second kappa shape index (κ2) is 48.9. The lowest BCUT2D eigenvalue weighted by atomic mass is 10.1. The standard InChI is InChI=1S/C54H88NO8P/c1-3-5-7-9-11-12-13-14-15-16-17-18-19-20-21-22-23-24-25-26-27-28-29-30-31-32-33-34-35-36-37-38-39-40-41-43-45-47-54(57)63-52(51-62-64(58,59)61-49-48-55)50-60-53(56)46-44-42-10-8-6-4-2/h5,7,11-12,14-15,17-18,20-21,23-24,26-27,29-30,32-33,35-36,52H,3-4,6,8-10,13,16,19,22,25,28,31,34,37-51,55H2,1-2H3,(H,58,59)/b7-5-,12-11-,15-14-,18-17-,21-20-,24-23-,27-26-,30-29-,33-32-,36-35-. The van der Waals surface area contributed by atoms with Gasteiger partial charge in [-0.3, -0.25) is 18.6 Å². The number of allylic oxidation sites excluding steroid dienone is 20. The zero-order valence-electron chi connectivity index (χ0n) is 40.0. The van der Waals surface area contributed by atoms with Crippen molar-refractivity contribution in [2.24, 2.45) is 5.73 Å². The van der Waals surface area contributed by atoms with Crippen LogP contribution in [0.1, 0.15) is 174 Å². The molecular weight excluding hydrogens is 822 g/mol. The summed E-state index contributed by atoms with van der Waals surface area (Å²) >= 11 is 0. The van der Waals surface area contributed by atoms with Gasteiger partial charge in [-0.1, -0.05) is 193 Å². The zero-order valence-corrected chi connectivity index (χ0v) is 40.9. The fraction of sp³-hybridized carbons (Fsp3) is 0.593. The van der Waals surface area contributed by atoms with Gasteiger partial charge in [0.25, 0.3) is 0 Å². The van der Waals surface area contributed by atoms with Crippen LogP contribution in [0.15, 0.2) is 122 Å². The van der Waals surface area contributed by atoms with E-state index >= 15 is 0 Å². The minimum Gasteiger partial charge on any atom is -0.462 e. The summed E-state index contributed by atoms with van der Waals surface area (Å²) in [6.07, 6.45) is 67.2. The van der Waals surface area contributed by atoms with E-state index < -0.39 is 32.5 Å². The van der Waals surface area contributed by atoms with E-state index in [-0.39, 0.29) is 32.6 Å². The van der Waals surface area contributed by atoms with Gasteiger partial charge in [-0.25, -0.2) is 4.57 Å². The summed E-state index contributed by atoms with van der Waals surface area (Å²) < 4.78 is 32.6. The highest BCUT2D eigenvalue weighted by Crippen LogP contribution is 2.43. The molecule has 2 atom stereocenters. The number of carbonyl (C=O) groups is 2. The Bertz CT molecular complexity index is 1450. The van der Waals surface area contributed by atoms with Crippen LogP contribution in [0.4, 0.5) is 0 Å². The lowest BCUT2D eigenvalue weighted by Gasteiger charge is -2.19. The molecule has 0 radical (unpaired) electrons. The van der Waals surface area contributed by atoms with Gasteiger partial charge < -0.3 is 20.1 Å². The molecule has 0 aliphatic carbocycles. The van der Waals surface area contributed by atoms with Gasteiger partial charge in [-0.05, 0) is 89.9 Å². The average Bonchev–Trinajstić information content (AvgIpc) is 3.28. The first-order valence-corrected chi connectivity index (χ1v) is 26.0. The molecule has 64 heavy (non-hydrogen) atoms. The number of nitrogens with two attached hydrogens (primary N) is 1. The number of esters is 2. The third-order valence-electron chi connectivity index (χ3n) is 9.61. The molecule has 0 aromatic carbocycles. The fourth-order valence-corrected chi connectivity index (χ4v) is 6.78. The van der Waals surface area contributed by atoms with E-state index in [1.807, 2.05) is 0 Å². The molecule has 2 unspecified atom stereocenters. The predicted octanol–water partition coefficient (Wildman–Crippen LogP) is 14.9. The highest BCUT2D eigenvalue weighted by molar-refractivity contribution is 7.47. The van der Waals surface area contributed by atoms with Crippen molar-refractivity contribution in [3.8, 4) is 0 Å².